The van der Waals surface area contributed by atoms with Crippen LogP contribution in [0.15, 0.2) is 24.4 Å². The van der Waals surface area contributed by atoms with Gasteiger partial charge in [0.2, 0.25) is 5.91 Å². The molecule has 0 fully saturated rings. The maximum absolute atomic E-state index is 10.7. The Morgan fingerprint density at radius 3 is 3.11 bits per heavy atom. The minimum absolute atomic E-state index is 0.00433. The lowest BCUT2D eigenvalue weighted by Gasteiger charge is -2.04. The standard InChI is InChI=1S/C14H11ClN2O2/c1-9(18)16-6-2-4-10-8-12(15)11-5-3-7-17-13(11)14(10)19/h3,5,7-8,19H,6H2,1H3,(H,16,18). The largest absolute Gasteiger partial charge is 0.504 e. The second-order valence-electron chi connectivity index (χ2n) is 3.87. The molecule has 4 nitrogen and oxygen atoms in total. The first-order valence-corrected chi connectivity index (χ1v) is 5.97. The van der Waals surface area contributed by atoms with Crippen molar-refractivity contribution in [1.82, 2.24) is 10.3 Å². The molecule has 0 radical (unpaired) electrons. The fraction of sp³-hybridized carbons (Fsp3) is 0.143. The summed E-state index contributed by atoms with van der Waals surface area (Å²) < 4.78 is 0. The number of carbonyl (C=O) groups excluding carboxylic acids is 1. The van der Waals surface area contributed by atoms with Gasteiger partial charge < -0.3 is 10.4 Å². The van der Waals surface area contributed by atoms with Gasteiger partial charge in [-0.1, -0.05) is 23.4 Å². The van der Waals surface area contributed by atoms with E-state index in [-0.39, 0.29) is 18.2 Å². The second kappa shape index (κ2) is 5.59. The number of pyridine rings is 1. The highest BCUT2D eigenvalue weighted by Gasteiger charge is 2.09. The van der Waals surface area contributed by atoms with Gasteiger partial charge in [0.1, 0.15) is 5.52 Å². The molecule has 2 aromatic rings. The zero-order valence-corrected chi connectivity index (χ0v) is 11.0. The number of hydrogen-bond donors (Lipinski definition) is 2. The van der Waals surface area contributed by atoms with Crippen molar-refractivity contribution in [3.63, 3.8) is 0 Å². The van der Waals surface area contributed by atoms with Crippen LogP contribution in [0.4, 0.5) is 0 Å². The average Bonchev–Trinajstić information content (AvgIpc) is 2.40. The number of aromatic nitrogens is 1. The fourth-order valence-corrected chi connectivity index (χ4v) is 1.85. The number of fused-ring (bicyclic) bond motifs is 1. The van der Waals surface area contributed by atoms with Crippen molar-refractivity contribution in [2.75, 3.05) is 6.54 Å². The SMILES string of the molecule is CC(=O)NCC#Cc1cc(Cl)c2cccnc2c1O. The number of hydrogen-bond acceptors (Lipinski definition) is 3. The van der Waals surface area contributed by atoms with E-state index in [1.165, 1.54) is 6.92 Å². The molecule has 1 aromatic carbocycles. The first-order valence-electron chi connectivity index (χ1n) is 5.59. The molecule has 2 N–H and O–H groups in total. The van der Waals surface area contributed by atoms with Gasteiger partial charge in [-0.3, -0.25) is 9.78 Å². The average molecular weight is 275 g/mol. The van der Waals surface area contributed by atoms with Gasteiger partial charge in [-0.25, -0.2) is 0 Å². The molecule has 0 unspecified atom stereocenters. The van der Waals surface area contributed by atoms with Gasteiger partial charge in [0.15, 0.2) is 5.75 Å². The van der Waals surface area contributed by atoms with Crippen LogP contribution in [0.1, 0.15) is 12.5 Å². The van der Waals surface area contributed by atoms with Crippen LogP contribution in [0.25, 0.3) is 10.9 Å². The molecular weight excluding hydrogens is 264 g/mol. The highest BCUT2D eigenvalue weighted by molar-refractivity contribution is 6.35. The lowest BCUT2D eigenvalue weighted by Crippen LogP contribution is -2.19. The molecule has 0 atom stereocenters. The normalized spacial score (nSPS) is 9.79. The number of benzene rings is 1. The number of rotatable bonds is 1. The predicted octanol–water partition coefficient (Wildman–Crippen LogP) is 2.08. The molecule has 96 valence electrons. The van der Waals surface area contributed by atoms with Crippen LogP contribution in [0.5, 0.6) is 5.75 Å². The third-order valence-corrected chi connectivity index (χ3v) is 2.78. The summed E-state index contributed by atoms with van der Waals surface area (Å²) >= 11 is 6.11. The third kappa shape index (κ3) is 2.95. The Hall–Kier alpha value is -2.25. The molecular formula is C14H11ClN2O2. The van der Waals surface area contributed by atoms with Gasteiger partial charge in [-0.05, 0) is 18.2 Å². The summed E-state index contributed by atoms with van der Waals surface area (Å²) in [4.78, 5) is 14.8. The van der Waals surface area contributed by atoms with Crippen molar-refractivity contribution in [3.8, 4) is 17.6 Å². The Balaban J connectivity index is 2.39. The van der Waals surface area contributed by atoms with Crippen LogP contribution in [0.3, 0.4) is 0 Å². The summed E-state index contributed by atoms with van der Waals surface area (Å²) in [5, 5.41) is 13.8. The smallest absolute Gasteiger partial charge is 0.217 e. The van der Waals surface area contributed by atoms with E-state index in [1.54, 1.807) is 24.4 Å². The van der Waals surface area contributed by atoms with Gasteiger partial charge in [-0.2, -0.15) is 0 Å². The van der Waals surface area contributed by atoms with Crippen LogP contribution >= 0.6 is 11.6 Å². The van der Waals surface area contributed by atoms with Gasteiger partial charge in [0, 0.05) is 18.5 Å². The molecule has 19 heavy (non-hydrogen) atoms. The van der Waals surface area contributed by atoms with Crippen LogP contribution < -0.4 is 5.32 Å². The molecule has 0 aliphatic carbocycles. The Kier molecular flexibility index (Phi) is 3.88. The molecule has 0 aliphatic rings. The van der Waals surface area contributed by atoms with Gasteiger partial charge in [0.25, 0.3) is 0 Å². The molecule has 0 saturated heterocycles. The van der Waals surface area contributed by atoms with E-state index in [0.29, 0.717) is 21.5 Å². The van der Waals surface area contributed by atoms with E-state index in [0.717, 1.165) is 0 Å². The molecule has 0 aliphatic heterocycles. The number of nitrogens with one attached hydrogen (secondary N) is 1. The van der Waals surface area contributed by atoms with E-state index in [1.807, 2.05) is 0 Å². The maximum atomic E-state index is 10.7. The number of nitrogens with zero attached hydrogens (tertiary/aromatic N) is 1. The zero-order valence-electron chi connectivity index (χ0n) is 10.2. The zero-order chi connectivity index (χ0) is 13.8. The minimum atomic E-state index is -0.156. The van der Waals surface area contributed by atoms with Crippen molar-refractivity contribution in [2.24, 2.45) is 0 Å². The van der Waals surface area contributed by atoms with Gasteiger partial charge >= 0.3 is 0 Å². The molecule has 2 rings (SSSR count). The summed E-state index contributed by atoms with van der Waals surface area (Å²) in [5.41, 5.74) is 0.806. The van der Waals surface area contributed by atoms with E-state index in [2.05, 4.69) is 22.1 Å². The van der Waals surface area contributed by atoms with E-state index in [4.69, 9.17) is 11.6 Å². The van der Waals surface area contributed by atoms with E-state index < -0.39 is 0 Å². The maximum Gasteiger partial charge on any atom is 0.217 e. The number of halogens is 1. The fourth-order valence-electron chi connectivity index (χ4n) is 1.59. The Morgan fingerprint density at radius 1 is 1.58 bits per heavy atom. The van der Waals surface area contributed by atoms with Crippen LogP contribution in [-0.2, 0) is 4.79 Å². The number of aromatic hydroxyl groups is 1. The monoisotopic (exact) mass is 274 g/mol. The quantitative estimate of drug-likeness (QED) is 0.783. The Bertz CT molecular complexity index is 702. The molecule has 5 heteroatoms. The van der Waals surface area contributed by atoms with Crippen LogP contribution in [0.2, 0.25) is 5.02 Å². The molecule has 0 bridgehead atoms. The minimum Gasteiger partial charge on any atom is -0.504 e. The van der Waals surface area contributed by atoms with Crippen molar-refractivity contribution < 1.29 is 9.90 Å². The Labute approximate surface area is 115 Å². The van der Waals surface area contributed by atoms with Crippen molar-refractivity contribution in [1.29, 1.82) is 0 Å². The first-order chi connectivity index (χ1) is 9.09. The van der Waals surface area contributed by atoms with Gasteiger partial charge in [0.05, 0.1) is 17.1 Å². The van der Waals surface area contributed by atoms with Crippen molar-refractivity contribution in [3.05, 3.63) is 35.0 Å². The van der Waals surface area contributed by atoms with Crippen molar-refractivity contribution in [2.45, 2.75) is 6.92 Å². The molecule has 0 saturated carbocycles. The summed E-state index contributed by atoms with van der Waals surface area (Å²) in [6, 6.07) is 5.11. The third-order valence-electron chi connectivity index (χ3n) is 2.46. The molecule has 1 aromatic heterocycles. The lowest BCUT2D eigenvalue weighted by molar-refractivity contribution is -0.118. The summed E-state index contributed by atoms with van der Waals surface area (Å²) in [7, 11) is 0. The molecule has 1 heterocycles. The predicted molar refractivity (Wildman–Crippen MR) is 74.0 cm³/mol. The second-order valence-corrected chi connectivity index (χ2v) is 4.27. The summed E-state index contributed by atoms with van der Waals surface area (Å²) in [6.07, 6.45) is 1.58. The summed E-state index contributed by atoms with van der Waals surface area (Å²) in [6.45, 7) is 1.63. The number of carbonyl (C=O) groups is 1. The highest BCUT2D eigenvalue weighted by atomic mass is 35.5. The number of phenolic OH excluding ortho intramolecular Hbond substituents is 1. The van der Waals surface area contributed by atoms with Crippen LogP contribution in [-0.4, -0.2) is 22.5 Å². The van der Waals surface area contributed by atoms with Crippen LogP contribution in [0, 0.1) is 11.8 Å². The number of phenols is 1. The van der Waals surface area contributed by atoms with Crippen molar-refractivity contribution >= 4 is 28.4 Å². The molecule has 1 amide bonds. The van der Waals surface area contributed by atoms with Gasteiger partial charge in [-0.15, -0.1) is 0 Å². The Morgan fingerprint density at radius 2 is 2.37 bits per heavy atom. The summed E-state index contributed by atoms with van der Waals surface area (Å²) in [5.74, 6) is 5.34. The lowest BCUT2D eigenvalue weighted by atomic mass is 10.1. The topological polar surface area (TPSA) is 62.2 Å². The first kappa shape index (κ1) is 13.2. The highest BCUT2D eigenvalue weighted by Crippen LogP contribution is 2.32. The number of amides is 1. The molecule has 0 spiro atoms. The van der Waals surface area contributed by atoms with E-state index >= 15 is 0 Å². The van der Waals surface area contributed by atoms with E-state index in [9.17, 15) is 9.90 Å².